The van der Waals surface area contributed by atoms with E-state index in [0.29, 0.717) is 24.3 Å². The van der Waals surface area contributed by atoms with Crippen molar-refractivity contribution >= 4 is 11.6 Å². The summed E-state index contributed by atoms with van der Waals surface area (Å²) in [6, 6.07) is 5.64. The molecule has 2 rings (SSSR count). The highest BCUT2D eigenvalue weighted by Crippen LogP contribution is 2.20. The number of nitrogen functional groups attached to an aromatic ring is 1. The molecule has 1 aliphatic heterocycles. The average Bonchev–Trinajstić information content (AvgIpc) is 2.97. The summed E-state index contributed by atoms with van der Waals surface area (Å²) >= 11 is 0. The lowest BCUT2D eigenvalue weighted by molar-refractivity contribution is 0.0540. The second-order valence-electron chi connectivity index (χ2n) is 5.17. The Balaban J connectivity index is 2.16. The maximum atomic E-state index is 12.7. The minimum Gasteiger partial charge on any atom is -0.376 e. The monoisotopic (exact) mass is 277 g/mol. The number of carbonyl (C=O) groups excluding carboxylic acids is 1. The van der Waals surface area contributed by atoms with Gasteiger partial charge in [-0.25, -0.2) is 0 Å². The number of benzene rings is 1. The summed E-state index contributed by atoms with van der Waals surface area (Å²) in [6.07, 6.45) is 2.27. The van der Waals surface area contributed by atoms with Gasteiger partial charge in [0.25, 0.3) is 5.91 Å². The van der Waals surface area contributed by atoms with E-state index >= 15 is 0 Å². The van der Waals surface area contributed by atoms with Crippen LogP contribution in [0.1, 0.15) is 35.7 Å². The number of anilines is 1. The molecule has 0 spiro atoms. The van der Waals surface area contributed by atoms with Crippen molar-refractivity contribution in [1.29, 1.82) is 0 Å². The third-order valence-corrected chi connectivity index (χ3v) is 3.68. The number of rotatable bonds is 5. The SMILES string of the molecule is CCN(CC1CCCO1)C(=O)c1cc(C)ccc1NN. The highest BCUT2D eigenvalue weighted by atomic mass is 16.5. The fourth-order valence-electron chi connectivity index (χ4n) is 2.52. The number of nitrogens with one attached hydrogen (secondary N) is 1. The van der Waals surface area contributed by atoms with Gasteiger partial charge in [0.2, 0.25) is 0 Å². The fraction of sp³-hybridized carbons (Fsp3) is 0.533. The smallest absolute Gasteiger partial charge is 0.256 e. The minimum absolute atomic E-state index is 0.000324. The molecule has 1 unspecified atom stereocenters. The number of ether oxygens (including phenoxy) is 1. The van der Waals surface area contributed by atoms with E-state index in [1.54, 1.807) is 0 Å². The molecule has 20 heavy (non-hydrogen) atoms. The van der Waals surface area contributed by atoms with Crippen LogP contribution in [0.4, 0.5) is 5.69 Å². The molecule has 1 fully saturated rings. The number of aryl methyl sites for hydroxylation is 1. The molecule has 5 heteroatoms. The third kappa shape index (κ3) is 3.29. The van der Waals surface area contributed by atoms with Crippen molar-refractivity contribution in [3.63, 3.8) is 0 Å². The standard InChI is InChI=1S/C15H23N3O2/c1-3-18(10-12-5-4-8-20-12)15(19)13-9-11(2)6-7-14(13)17-16/h6-7,9,12,17H,3-5,8,10,16H2,1-2H3. The Morgan fingerprint density at radius 1 is 1.55 bits per heavy atom. The highest BCUT2D eigenvalue weighted by Gasteiger charge is 2.23. The number of amides is 1. The van der Waals surface area contributed by atoms with E-state index in [0.717, 1.165) is 25.0 Å². The average molecular weight is 277 g/mol. The van der Waals surface area contributed by atoms with Gasteiger partial charge in [-0.15, -0.1) is 0 Å². The molecule has 0 radical (unpaired) electrons. The van der Waals surface area contributed by atoms with Crippen LogP contribution in [0.25, 0.3) is 0 Å². The quantitative estimate of drug-likeness (QED) is 0.637. The van der Waals surface area contributed by atoms with Gasteiger partial charge in [0.05, 0.1) is 17.4 Å². The van der Waals surface area contributed by atoms with Crippen molar-refractivity contribution in [3.8, 4) is 0 Å². The number of nitrogens with zero attached hydrogens (tertiary/aromatic N) is 1. The molecular weight excluding hydrogens is 254 g/mol. The molecule has 0 saturated carbocycles. The predicted molar refractivity (Wildman–Crippen MR) is 79.5 cm³/mol. The largest absolute Gasteiger partial charge is 0.376 e. The van der Waals surface area contributed by atoms with Crippen LogP contribution in [0.3, 0.4) is 0 Å². The van der Waals surface area contributed by atoms with E-state index in [9.17, 15) is 4.79 Å². The molecular formula is C15H23N3O2. The van der Waals surface area contributed by atoms with E-state index in [2.05, 4.69) is 5.43 Å². The van der Waals surface area contributed by atoms with Gasteiger partial charge in [-0.2, -0.15) is 0 Å². The van der Waals surface area contributed by atoms with Crippen LogP contribution in [-0.2, 0) is 4.74 Å². The number of carbonyl (C=O) groups is 1. The molecule has 5 nitrogen and oxygen atoms in total. The van der Waals surface area contributed by atoms with Crippen LogP contribution in [-0.4, -0.2) is 36.6 Å². The molecule has 1 atom stereocenters. The summed E-state index contributed by atoms with van der Waals surface area (Å²) in [6.45, 7) is 6.06. The van der Waals surface area contributed by atoms with E-state index in [1.165, 1.54) is 0 Å². The van der Waals surface area contributed by atoms with Gasteiger partial charge in [-0.1, -0.05) is 11.6 Å². The summed E-state index contributed by atoms with van der Waals surface area (Å²) in [5.41, 5.74) is 4.92. The Bertz CT molecular complexity index is 470. The fourth-order valence-corrected chi connectivity index (χ4v) is 2.52. The molecule has 1 heterocycles. The summed E-state index contributed by atoms with van der Waals surface area (Å²) in [5.74, 6) is 5.50. The number of hydrazine groups is 1. The van der Waals surface area contributed by atoms with Crippen molar-refractivity contribution in [3.05, 3.63) is 29.3 Å². The second-order valence-corrected chi connectivity index (χ2v) is 5.17. The molecule has 0 aliphatic carbocycles. The van der Waals surface area contributed by atoms with Crippen LogP contribution in [0.5, 0.6) is 0 Å². The van der Waals surface area contributed by atoms with Gasteiger partial charge in [-0.3, -0.25) is 10.6 Å². The lowest BCUT2D eigenvalue weighted by Crippen LogP contribution is -2.37. The Hall–Kier alpha value is -1.59. The topological polar surface area (TPSA) is 67.6 Å². The van der Waals surface area contributed by atoms with Gasteiger partial charge < -0.3 is 15.1 Å². The Morgan fingerprint density at radius 2 is 2.35 bits per heavy atom. The maximum absolute atomic E-state index is 12.7. The minimum atomic E-state index is -0.000324. The van der Waals surface area contributed by atoms with Crippen LogP contribution in [0.15, 0.2) is 18.2 Å². The molecule has 1 amide bonds. The summed E-state index contributed by atoms with van der Waals surface area (Å²) in [4.78, 5) is 14.5. The number of likely N-dealkylation sites (N-methyl/N-ethyl adjacent to an activating group) is 1. The van der Waals surface area contributed by atoms with Crippen molar-refractivity contribution in [2.45, 2.75) is 32.8 Å². The summed E-state index contributed by atoms with van der Waals surface area (Å²) < 4.78 is 5.62. The van der Waals surface area contributed by atoms with Gasteiger partial charge in [-0.05, 0) is 38.8 Å². The molecule has 3 N–H and O–H groups in total. The molecule has 1 saturated heterocycles. The summed E-state index contributed by atoms with van der Waals surface area (Å²) in [5, 5.41) is 0. The van der Waals surface area contributed by atoms with E-state index < -0.39 is 0 Å². The first kappa shape index (κ1) is 14.8. The van der Waals surface area contributed by atoms with Crippen molar-refractivity contribution in [2.75, 3.05) is 25.1 Å². The van der Waals surface area contributed by atoms with Crippen LogP contribution >= 0.6 is 0 Å². The first-order valence-corrected chi connectivity index (χ1v) is 7.13. The first-order chi connectivity index (χ1) is 9.65. The third-order valence-electron chi connectivity index (χ3n) is 3.68. The maximum Gasteiger partial charge on any atom is 0.256 e. The van der Waals surface area contributed by atoms with Crippen molar-refractivity contribution in [2.24, 2.45) is 5.84 Å². The summed E-state index contributed by atoms with van der Waals surface area (Å²) in [7, 11) is 0. The van der Waals surface area contributed by atoms with Crippen LogP contribution in [0, 0.1) is 6.92 Å². The van der Waals surface area contributed by atoms with Gasteiger partial charge in [0.15, 0.2) is 0 Å². The van der Waals surface area contributed by atoms with Crippen molar-refractivity contribution in [1.82, 2.24) is 4.90 Å². The second kappa shape index (κ2) is 6.72. The first-order valence-electron chi connectivity index (χ1n) is 7.13. The molecule has 1 aromatic rings. The Morgan fingerprint density at radius 3 is 2.95 bits per heavy atom. The zero-order valence-corrected chi connectivity index (χ0v) is 12.2. The van der Waals surface area contributed by atoms with Gasteiger partial charge >= 0.3 is 0 Å². The highest BCUT2D eigenvalue weighted by molar-refractivity contribution is 5.99. The number of hydrogen-bond donors (Lipinski definition) is 2. The Labute approximate surface area is 120 Å². The lowest BCUT2D eigenvalue weighted by Gasteiger charge is -2.25. The number of nitrogens with two attached hydrogens (primary N) is 1. The van der Waals surface area contributed by atoms with Crippen LogP contribution < -0.4 is 11.3 Å². The van der Waals surface area contributed by atoms with E-state index in [-0.39, 0.29) is 12.0 Å². The lowest BCUT2D eigenvalue weighted by atomic mass is 10.1. The normalized spacial score (nSPS) is 18.1. The molecule has 1 aromatic carbocycles. The van der Waals surface area contributed by atoms with Gasteiger partial charge in [0.1, 0.15) is 0 Å². The van der Waals surface area contributed by atoms with Crippen molar-refractivity contribution < 1.29 is 9.53 Å². The molecule has 110 valence electrons. The zero-order chi connectivity index (χ0) is 14.5. The van der Waals surface area contributed by atoms with Crippen LogP contribution in [0.2, 0.25) is 0 Å². The van der Waals surface area contributed by atoms with Gasteiger partial charge in [0, 0.05) is 19.7 Å². The van der Waals surface area contributed by atoms with E-state index in [4.69, 9.17) is 10.6 Å². The zero-order valence-electron chi connectivity index (χ0n) is 12.2. The number of hydrogen-bond acceptors (Lipinski definition) is 4. The van der Waals surface area contributed by atoms with E-state index in [1.807, 2.05) is 36.9 Å². The predicted octanol–water partition coefficient (Wildman–Crippen LogP) is 1.92. The molecule has 0 bridgehead atoms. The molecule has 1 aliphatic rings. The Kier molecular flexibility index (Phi) is 4.98. The molecule has 0 aromatic heterocycles.